The number of amides is 2. The Labute approximate surface area is 173 Å². The van der Waals surface area contributed by atoms with E-state index in [0.29, 0.717) is 36.0 Å². The lowest BCUT2D eigenvalue weighted by atomic mass is 9.76. The number of hydrogen-bond acceptors (Lipinski definition) is 6. The van der Waals surface area contributed by atoms with Gasteiger partial charge in [-0.15, -0.1) is 0 Å². The Balaban J connectivity index is 1.38. The van der Waals surface area contributed by atoms with Gasteiger partial charge in [-0.05, 0) is 24.3 Å². The predicted molar refractivity (Wildman–Crippen MR) is 106 cm³/mol. The molecule has 1 N–H and O–H groups in total. The molecule has 8 nitrogen and oxygen atoms in total. The van der Waals surface area contributed by atoms with E-state index in [2.05, 4.69) is 5.32 Å². The summed E-state index contributed by atoms with van der Waals surface area (Å²) in [6.07, 6.45) is 4.97. The zero-order valence-corrected chi connectivity index (χ0v) is 16.7. The molecule has 3 aliphatic rings. The zero-order valence-electron chi connectivity index (χ0n) is 16.7. The molecular weight excluding hydrogens is 388 g/mol. The summed E-state index contributed by atoms with van der Waals surface area (Å²) in [6.45, 7) is 0.756. The lowest BCUT2D eigenvalue weighted by Gasteiger charge is -2.24. The predicted octanol–water partition coefficient (Wildman–Crippen LogP) is 2.22. The molecule has 0 saturated carbocycles. The Bertz CT molecular complexity index is 1020. The molecule has 2 amide bonds. The largest absolute Gasteiger partial charge is 0.497 e. The number of nitrogens with zero attached hydrogens (tertiary/aromatic N) is 1. The van der Waals surface area contributed by atoms with Crippen molar-refractivity contribution < 1.29 is 28.2 Å². The summed E-state index contributed by atoms with van der Waals surface area (Å²) >= 11 is 0. The van der Waals surface area contributed by atoms with Gasteiger partial charge in [-0.3, -0.25) is 9.59 Å². The molecule has 2 bridgehead atoms. The summed E-state index contributed by atoms with van der Waals surface area (Å²) in [5.41, 5.74) is -0.248. The highest BCUT2D eigenvalue weighted by Crippen LogP contribution is 2.52. The van der Waals surface area contributed by atoms with Gasteiger partial charge in [0.1, 0.15) is 22.9 Å². The number of hydrogen-bond donors (Lipinski definition) is 1. The van der Waals surface area contributed by atoms with Gasteiger partial charge in [-0.2, -0.15) is 0 Å². The van der Waals surface area contributed by atoms with Crippen molar-refractivity contribution >= 4 is 17.5 Å². The van der Waals surface area contributed by atoms with Crippen LogP contribution in [0.25, 0.3) is 0 Å². The van der Waals surface area contributed by atoms with Crippen molar-refractivity contribution in [2.75, 3.05) is 26.1 Å². The van der Waals surface area contributed by atoms with Gasteiger partial charge in [0.2, 0.25) is 11.8 Å². The number of fused-ring (bicyclic) bond motifs is 1. The lowest BCUT2D eigenvalue weighted by Crippen LogP contribution is -2.41. The van der Waals surface area contributed by atoms with Crippen LogP contribution in [0.5, 0.6) is 11.5 Å². The molecule has 30 heavy (non-hydrogen) atoms. The maximum Gasteiger partial charge on any atom is 0.231 e. The summed E-state index contributed by atoms with van der Waals surface area (Å²) in [4.78, 5) is 28.2. The smallest absolute Gasteiger partial charge is 0.231 e. The van der Waals surface area contributed by atoms with Crippen LogP contribution >= 0.6 is 0 Å². The quantitative estimate of drug-likeness (QED) is 0.735. The van der Waals surface area contributed by atoms with E-state index in [1.165, 1.54) is 7.11 Å². The molecule has 1 aromatic heterocycles. The van der Waals surface area contributed by atoms with Gasteiger partial charge < -0.3 is 28.8 Å². The van der Waals surface area contributed by atoms with Gasteiger partial charge in [0.15, 0.2) is 0 Å². The fourth-order valence-electron chi connectivity index (χ4n) is 4.72. The first-order valence-corrected chi connectivity index (χ1v) is 9.76. The Morgan fingerprint density at radius 1 is 1.30 bits per heavy atom. The van der Waals surface area contributed by atoms with Crippen LogP contribution in [0.15, 0.2) is 53.2 Å². The summed E-state index contributed by atoms with van der Waals surface area (Å²) in [7, 11) is 3.08. The van der Waals surface area contributed by atoms with Gasteiger partial charge in [0.05, 0.1) is 57.2 Å². The van der Waals surface area contributed by atoms with Crippen LogP contribution in [0.2, 0.25) is 0 Å². The number of likely N-dealkylation sites (tertiary alicyclic amines) is 1. The molecule has 1 aromatic carbocycles. The topological polar surface area (TPSA) is 90.2 Å². The standard InChI is InChI=1S/C22H22N2O6/c1-27-13-5-6-15(17(10-13)28-2)23-20(25)18-16-7-8-22(30-16)12-24(21(26)19(18)22)11-14-4-3-9-29-14/h3-10,16,18-19H,11-12H2,1-2H3,(H,23,25)/t16-,18?,19-,22-/m1/s1. The molecular formula is C22H22N2O6. The van der Waals surface area contributed by atoms with E-state index >= 15 is 0 Å². The van der Waals surface area contributed by atoms with E-state index in [0.717, 1.165) is 0 Å². The summed E-state index contributed by atoms with van der Waals surface area (Å²) in [5.74, 6) is 0.251. The minimum atomic E-state index is -0.764. The number of carbonyl (C=O) groups is 2. The van der Waals surface area contributed by atoms with Crippen molar-refractivity contribution in [3.63, 3.8) is 0 Å². The first-order valence-electron chi connectivity index (χ1n) is 9.76. The van der Waals surface area contributed by atoms with Crippen molar-refractivity contribution in [2.45, 2.75) is 18.2 Å². The molecule has 3 aliphatic heterocycles. The molecule has 1 unspecified atom stereocenters. The highest BCUT2D eigenvalue weighted by atomic mass is 16.5. The van der Waals surface area contributed by atoms with E-state index in [4.69, 9.17) is 18.6 Å². The van der Waals surface area contributed by atoms with Crippen molar-refractivity contribution in [1.82, 2.24) is 4.90 Å². The molecule has 4 heterocycles. The van der Waals surface area contributed by atoms with Crippen LogP contribution < -0.4 is 14.8 Å². The first-order chi connectivity index (χ1) is 14.5. The van der Waals surface area contributed by atoms with Gasteiger partial charge in [0.25, 0.3) is 0 Å². The number of methoxy groups -OCH3 is 2. The molecule has 5 rings (SSSR count). The molecule has 0 radical (unpaired) electrons. The number of nitrogens with one attached hydrogen (secondary N) is 1. The van der Waals surface area contributed by atoms with Gasteiger partial charge in [-0.1, -0.05) is 12.2 Å². The highest BCUT2D eigenvalue weighted by Gasteiger charge is 2.66. The third-order valence-corrected chi connectivity index (χ3v) is 6.07. The fourth-order valence-corrected chi connectivity index (χ4v) is 4.72. The SMILES string of the molecule is COc1ccc(NC(=O)C2[C@H]3C=C[C@]4(CN(Cc5ccco5)C(=O)[C@@H]24)O3)c(OC)c1. The molecule has 8 heteroatoms. The van der Waals surface area contributed by atoms with E-state index in [9.17, 15) is 9.59 Å². The van der Waals surface area contributed by atoms with Gasteiger partial charge in [0, 0.05) is 6.07 Å². The minimum Gasteiger partial charge on any atom is -0.497 e. The Morgan fingerprint density at radius 3 is 2.90 bits per heavy atom. The molecule has 2 fully saturated rings. The molecule has 1 spiro atoms. The molecule has 2 aromatic rings. The normalized spacial score (nSPS) is 28.7. The van der Waals surface area contributed by atoms with Crippen molar-refractivity contribution in [2.24, 2.45) is 11.8 Å². The molecule has 0 aliphatic carbocycles. The number of carbonyl (C=O) groups excluding carboxylic acids is 2. The Morgan fingerprint density at radius 2 is 2.17 bits per heavy atom. The van der Waals surface area contributed by atoms with Crippen LogP contribution in [0.4, 0.5) is 5.69 Å². The number of ether oxygens (including phenoxy) is 3. The van der Waals surface area contributed by atoms with E-state index in [1.54, 1.807) is 42.5 Å². The second-order valence-electron chi connectivity index (χ2n) is 7.73. The van der Waals surface area contributed by atoms with Gasteiger partial charge in [-0.25, -0.2) is 0 Å². The second-order valence-corrected chi connectivity index (χ2v) is 7.73. The fraction of sp³-hybridized carbons (Fsp3) is 0.364. The van der Waals surface area contributed by atoms with Crippen LogP contribution in [0.3, 0.4) is 0 Å². The Kier molecular flexibility index (Phi) is 4.32. The number of anilines is 1. The number of furan rings is 1. The van der Waals surface area contributed by atoms with Crippen molar-refractivity contribution in [3.8, 4) is 11.5 Å². The first kappa shape index (κ1) is 18.7. The highest BCUT2D eigenvalue weighted by molar-refractivity contribution is 6.00. The van der Waals surface area contributed by atoms with Crippen LogP contribution in [0, 0.1) is 11.8 Å². The maximum atomic E-state index is 13.2. The van der Waals surface area contributed by atoms with E-state index in [1.807, 2.05) is 18.2 Å². The maximum absolute atomic E-state index is 13.2. The minimum absolute atomic E-state index is 0.0971. The number of benzene rings is 1. The van der Waals surface area contributed by atoms with E-state index < -0.39 is 23.5 Å². The average molecular weight is 410 g/mol. The third kappa shape index (κ3) is 2.79. The van der Waals surface area contributed by atoms with Crippen LogP contribution in [-0.2, 0) is 20.9 Å². The monoisotopic (exact) mass is 410 g/mol. The zero-order chi connectivity index (χ0) is 20.9. The summed E-state index contributed by atoms with van der Waals surface area (Å²) < 4.78 is 22.1. The van der Waals surface area contributed by atoms with Crippen molar-refractivity contribution in [3.05, 3.63) is 54.5 Å². The summed E-state index contributed by atoms with van der Waals surface area (Å²) in [5, 5.41) is 2.91. The van der Waals surface area contributed by atoms with Crippen LogP contribution in [-0.4, -0.2) is 49.2 Å². The molecule has 4 atom stereocenters. The van der Waals surface area contributed by atoms with Crippen molar-refractivity contribution in [1.29, 1.82) is 0 Å². The van der Waals surface area contributed by atoms with Crippen LogP contribution in [0.1, 0.15) is 5.76 Å². The molecule has 156 valence electrons. The van der Waals surface area contributed by atoms with Gasteiger partial charge >= 0.3 is 0 Å². The number of rotatable bonds is 6. The molecule has 2 saturated heterocycles. The lowest BCUT2D eigenvalue weighted by molar-refractivity contribution is -0.136. The third-order valence-electron chi connectivity index (χ3n) is 6.07. The summed E-state index contributed by atoms with van der Waals surface area (Å²) in [6, 6.07) is 8.76. The second kappa shape index (κ2) is 6.91. The average Bonchev–Trinajstić information content (AvgIpc) is 3.52. The van der Waals surface area contributed by atoms with E-state index in [-0.39, 0.29) is 11.8 Å². The Hall–Kier alpha value is -3.26.